The molecule has 1 amide bonds. The maximum Gasteiger partial charge on any atom is 0.230 e. The number of aliphatic hydroxyl groups excluding tert-OH is 3. The minimum absolute atomic E-state index is 0.102. The number of ketones is 2. The largest absolute Gasteiger partial charge is 0.507 e. The van der Waals surface area contributed by atoms with Crippen LogP contribution in [0.3, 0.4) is 0 Å². The van der Waals surface area contributed by atoms with Crippen LogP contribution in [-0.2, 0) is 9.59 Å². The second-order valence-corrected chi connectivity index (χ2v) is 11.4. The van der Waals surface area contributed by atoms with Crippen LogP contribution in [0.15, 0.2) is 12.1 Å². The first-order valence-electron chi connectivity index (χ1n) is 12.0. The first-order valence-corrected chi connectivity index (χ1v) is 12.0. The number of benzene rings is 1. The molecule has 2 saturated carbocycles. The minimum atomic E-state index is -2.83. The average molecular weight is 501 g/mol. The quantitative estimate of drug-likeness (QED) is 0.302. The molecular weight excluding hydrogens is 468 g/mol. The van der Waals surface area contributed by atoms with Crippen molar-refractivity contribution in [1.29, 1.82) is 5.26 Å². The van der Waals surface area contributed by atoms with Crippen molar-refractivity contribution >= 4 is 17.5 Å². The second kappa shape index (κ2) is 7.83. The molecule has 7 N–H and O–H groups in total. The van der Waals surface area contributed by atoms with Gasteiger partial charge in [0.15, 0.2) is 17.2 Å². The van der Waals surface area contributed by atoms with Crippen LogP contribution in [0.1, 0.15) is 62.0 Å². The van der Waals surface area contributed by atoms with Gasteiger partial charge in [0.05, 0.1) is 35.3 Å². The maximum atomic E-state index is 13.9. The second-order valence-electron chi connectivity index (χ2n) is 11.4. The minimum Gasteiger partial charge on any atom is -0.507 e. The number of rotatable bonds is 2. The van der Waals surface area contributed by atoms with E-state index >= 15 is 0 Å². The molecule has 1 aromatic rings. The van der Waals surface area contributed by atoms with E-state index in [-0.39, 0.29) is 16.7 Å². The van der Waals surface area contributed by atoms with Gasteiger partial charge in [0.25, 0.3) is 0 Å². The molecule has 10 nitrogen and oxygen atoms in total. The zero-order valence-corrected chi connectivity index (χ0v) is 20.8. The molecule has 2 fully saturated rings. The van der Waals surface area contributed by atoms with E-state index in [0.29, 0.717) is 0 Å². The van der Waals surface area contributed by atoms with Gasteiger partial charge in [0.2, 0.25) is 5.91 Å². The van der Waals surface area contributed by atoms with Gasteiger partial charge in [-0.3, -0.25) is 14.4 Å². The number of phenolic OH excluding ortho intramolecular Hbond substituents is 1. The van der Waals surface area contributed by atoms with Crippen molar-refractivity contribution in [3.05, 3.63) is 28.8 Å². The third kappa shape index (κ3) is 2.66. The Morgan fingerprint density at radius 2 is 1.75 bits per heavy atom. The van der Waals surface area contributed by atoms with Crippen molar-refractivity contribution in [3.63, 3.8) is 0 Å². The summed E-state index contributed by atoms with van der Waals surface area (Å²) in [6.07, 6.45) is -5.46. The van der Waals surface area contributed by atoms with E-state index in [1.807, 2.05) is 6.07 Å². The number of Topliss-reactive ketones (excluding diaryl/α,β-unsaturated/α-hetero) is 2. The highest BCUT2D eigenvalue weighted by Crippen LogP contribution is 2.68. The molecule has 0 aliphatic heterocycles. The van der Waals surface area contributed by atoms with E-state index in [4.69, 9.17) is 5.73 Å². The molecule has 194 valence electrons. The Balaban J connectivity index is 2.09. The predicted molar refractivity (Wildman–Crippen MR) is 124 cm³/mol. The van der Waals surface area contributed by atoms with Gasteiger partial charge in [-0.2, -0.15) is 5.26 Å². The maximum absolute atomic E-state index is 13.9. The fourth-order valence-electron chi connectivity index (χ4n) is 7.92. The van der Waals surface area contributed by atoms with Gasteiger partial charge in [-0.05, 0) is 35.4 Å². The number of hydrogen-bond acceptors (Lipinski definition) is 9. The Bertz CT molecular complexity index is 1220. The van der Waals surface area contributed by atoms with E-state index in [1.165, 1.54) is 26.0 Å². The Morgan fingerprint density at radius 3 is 2.25 bits per heavy atom. The van der Waals surface area contributed by atoms with E-state index in [2.05, 4.69) is 0 Å². The number of phenols is 1. The molecule has 36 heavy (non-hydrogen) atoms. The molecule has 0 aromatic heterocycles. The van der Waals surface area contributed by atoms with E-state index in [9.17, 15) is 45.2 Å². The summed E-state index contributed by atoms with van der Waals surface area (Å²) < 4.78 is 0. The van der Waals surface area contributed by atoms with Crippen molar-refractivity contribution in [2.24, 2.45) is 40.2 Å². The number of aliphatic hydroxyl groups is 4. The Hall–Kier alpha value is -2.84. The van der Waals surface area contributed by atoms with Crippen LogP contribution in [0.2, 0.25) is 0 Å². The van der Waals surface area contributed by atoms with Crippen LogP contribution in [0.25, 0.3) is 0 Å². The summed E-state index contributed by atoms with van der Waals surface area (Å²) in [7, 11) is 0. The SMILES string of the molecule is CC(C)[C@H]1C(O)[C@@H](C(N)=O)C(=O)[C@]2(O)C(O)[C@H]3C(=O)c4c(O)ccc(C#N)c4[C@@H](C)[C@]3(C)[C@@H](O)[C@]12C. The van der Waals surface area contributed by atoms with Crippen molar-refractivity contribution in [1.82, 2.24) is 0 Å². The summed E-state index contributed by atoms with van der Waals surface area (Å²) >= 11 is 0. The van der Waals surface area contributed by atoms with E-state index in [1.54, 1.807) is 20.8 Å². The lowest BCUT2D eigenvalue weighted by Crippen LogP contribution is -2.83. The smallest absolute Gasteiger partial charge is 0.230 e. The Kier molecular flexibility index (Phi) is 5.70. The predicted octanol–water partition coefficient (Wildman–Crippen LogP) is -0.0237. The van der Waals surface area contributed by atoms with Gasteiger partial charge in [0.1, 0.15) is 17.8 Å². The molecule has 10 atom stereocenters. The molecule has 3 aliphatic carbocycles. The number of nitrogens with two attached hydrogens (primary N) is 1. The Morgan fingerprint density at radius 1 is 1.17 bits per heavy atom. The van der Waals surface area contributed by atoms with Crippen molar-refractivity contribution in [2.75, 3.05) is 0 Å². The zero-order chi connectivity index (χ0) is 27.3. The molecule has 1 aromatic carbocycles. The molecule has 3 aliphatic rings. The molecule has 10 heteroatoms. The van der Waals surface area contributed by atoms with Gasteiger partial charge in [-0.25, -0.2) is 0 Å². The average Bonchev–Trinajstić information content (AvgIpc) is 2.79. The summed E-state index contributed by atoms with van der Waals surface area (Å²) in [5.41, 5.74) is -0.802. The summed E-state index contributed by atoms with van der Waals surface area (Å²) in [6, 6.07) is 4.53. The van der Waals surface area contributed by atoms with Gasteiger partial charge in [-0.15, -0.1) is 0 Å². The number of carbonyl (C=O) groups is 3. The topological polar surface area (TPSA) is 202 Å². The van der Waals surface area contributed by atoms with Crippen LogP contribution in [0.5, 0.6) is 5.75 Å². The highest BCUT2D eigenvalue weighted by Gasteiger charge is 2.80. The number of carbonyl (C=O) groups excluding carboxylic acids is 3. The van der Waals surface area contributed by atoms with Gasteiger partial charge < -0.3 is 31.3 Å². The fourth-order valence-corrected chi connectivity index (χ4v) is 7.92. The van der Waals surface area contributed by atoms with Gasteiger partial charge in [0, 0.05) is 10.8 Å². The molecule has 2 unspecified atom stereocenters. The van der Waals surface area contributed by atoms with E-state index < -0.39 is 87.6 Å². The summed E-state index contributed by atoms with van der Waals surface area (Å²) in [5, 5.41) is 67.3. The number of primary amides is 1. The lowest BCUT2D eigenvalue weighted by Gasteiger charge is -2.69. The number of fused-ring (bicyclic) bond motifs is 3. The van der Waals surface area contributed by atoms with Crippen LogP contribution in [0.4, 0.5) is 0 Å². The fraction of sp³-hybridized carbons (Fsp3) is 0.615. The summed E-state index contributed by atoms with van der Waals surface area (Å²) in [5.74, 6) is -9.62. The number of aromatic hydroxyl groups is 1. The monoisotopic (exact) mass is 500 g/mol. The molecule has 0 spiro atoms. The molecular formula is C26H32N2O8. The Labute approximate surface area is 208 Å². The van der Waals surface area contributed by atoms with Gasteiger partial charge in [-0.1, -0.05) is 34.6 Å². The van der Waals surface area contributed by atoms with Gasteiger partial charge >= 0.3 is 0 Å². The third-order valence-corrected chi connectivity index (χ3v) is 9.72. The van der Waals surface area contributed by atoms with Crippen LogP contribution >= 0.6 is 0 Å². The number of nitriles is 1. The number of amides is 1. The number of hydrogen-bond donors (Lipinski definition) is 6. The molecule has 4 rings (SSSR count). The van der Waals surface area contributed by atoms with Crippen LogP contribution in [-0.4, -0.2) is 66.9 Å². The van der Waals surface area contributed by atoms with Crippen molar-refractivity contribution in [3.8, 4) is 11.8 Å². The summed E-state index contributed by atoms with van der Waals surface area (Å²) in [6.45, 7) is 7.89. The lowest BCUT2D eigenvalue weighted by atomic mass is 9.36. The molecule has 0 saturated heterocycles. The highest BCUT2D eigenvalue weighted by molar-refractivity contribution is 6.09. The summed E-state index contributed by atoms with van der Waals surface area (Å²) in [4.78, 5) is 39.8. The molecule has 0 radical (unpaired) electrons. The van der Waals surface area contributed by atoms with Crippen LogP contribution in [0, 0.1) is 45.8 Å². The molecule has 0 heterocycles. The lowest BCUT2D eigenvalue weighted by molar-refractivity contribution is -0.306. The first-order chi connectivity index (χ1) is 16.6. The van der Waals surface area contributed by atoms with E-state index in [0.717, 1.165) is 0 Å². The van der Waals surface area contributed by atoms with Crippen molar-refractivity contribution in [2.45, 2.75) is 64.4 Å². The normalized spacial score (nSPS) is 43.9. The molecule has 0 bridgehead atoms. The first kappa shape index (κ1) is 26.2. The highest BCUT2D eigenvalue weighted by atomic mass is 16.4. The number of nitrogens with zero attached hydrogens (tertiary/aromatic N) is 1. The standard InChI is InChI=1S/C26H32N2O8/c1-9(2)16-19(31)15(22(28)34)20(32)26(36)21(33)17-18(30)14-12(29)7-6-11(8-27)13(14)10(3)24(17,4)23(35)25(16,26)5/h6-7,9-10,15-17,19,21,23,29,31,33,35-36H,1-5H3,(H2,28,34)/t10-,15-,16+,17-,19?,21?,23-,24+,25+,26+/m1/s1. The zero-order valence-electron chi connectivity index (χ0n) is 20.8. The van der Waals surface area contributed by atoms with Crippen molar-refractivity contribution < 1.29 is 39.9 Å². The third-order valence-electron chi connectivity index (χ3n) is 9.72. The van der Waals surface area contributed by atoms with Crippen LogP contribution < -0.4 is 5.73 Å².